The molecule has 1 saturated heterocycles. The summed E-state index contributed by atoms with van der Waals surface area (Å²) in [7, 11) is -0.492. The molecule has 1 N–H and O–H groups in total. The van der Waals surface area contributed by atoms with Crippen LogP contribution in [0.4, 0.5) is 0 Å². The second-order valence-electron chi connectivity index (χ2n) is 8.53. The minimum absolute atomic E-state index is 0.141. The van der Waals surface area contributed by atoms with Gasteiger partial charge in [0.15, 0.2) is 0 Å². The quantitative estimate of drug-likeness (QED) is 0.536. The van der Waals surface area contributed by atoms with Crippen LogP contribution in [0.5, 0.6) is 0 Å². The van der Waals surface area contributed by atoms with Gasteiger partial charge in [0, 0.05) is 33.0 Å². The van der Waals surface area contributed by atoms with Gasteiger partial charge in [-0.3, -0.25) is 4.79 Å². The highest BCUT2D eigenvalue weighted by atomic mass is 32.2. The molecule has 0 bridgehead atoms. The van der Waals surface area contributed by atoms with E-state index in [0.717, 1.165) is 5.52 Å². The first-order valence-corrected chi connectivity index (χ1v) is 12.5. The Kier molecular flexibility index (Phi) is 8.09. The number of morpholine rings is 1. The van der Waals surface area contributed by atoms with Gasteiger partial charge >= 0.3 is 5.97 Å². The van der Waals surface area contributed by atoms with Gasteiger partial charge in [-0.2, -0.15) is 4.31 Å². The molecule has 1 aliphatic rings. The van der Waals surface area contributed by atoms with Crippen molar-refractivity contribution < 1.29 is 27.5 Å². The lowest BCUT2D eigenvalue weighted by molar-refractivity contribution is -0.145. The summed E-state index contributed by atoms with van der Waals surface area (Å²) < 4.78 is 39.2. The van der Waals surface area contributed by atoms with Crippen molar-refractivity contribution in [1.82, 2.24) is 19.2 Å². The SMILES string of the molecule is COC(=O)C(CC(C)C)NC(=O)CCc1nc2cc(S(=O)(=O)N3CCOCC3)ccc2n1C. The number of methoxy groups -OCH3 is 1. The molecular formula is C22H32N4O6S. The molecule has 1 aromatic heterocycles. The Morgan fingerprint density at radius 2 is 1.94 bits per heavy atom. The number of esters is 1. The number of rotatable bonds is 9. The highest BCUT2D eigenvalue weighted by Crippen LogP contribution is 2.23. The lowest BCUT2D eigenvalue weighted by Crippen LogP contribution is -2.42. The number of nitrogens with zero attached hydrogens (tertiary/aromatic N) is 3. The van der Waals surface area contributed by atoms with E-state index in [9.17, 15) is 18.0 Å². The predicted molar refractivity (Wildman–Crippen MR) is 122 cm³/mol. The first kappa shape index (κ1) is 25.1. The Bertz CT molecular complexity index is 1110. The Balaban J connectivity index is 1.72. The van der Waals surface area contributed by atoms with Gasteiger partial charge in [-0.25, -0.2) is 18.2 Å². The third-order valence-electron chi connectivity index (χ3n) is 5.66. The number of aryl methyl sites for hydroxylation is 2. The molecule has 1 aromatic carbocycles. The lowest BCUT2D eigenvalue weighted by Gasteiger charge is -2.26. The van der Waals surface area contributed by atoms with Crippen molar-refractivity contribution in [3.05, 3.63) is 24.0 Å². The summed E-state index contributed by atoms with van der Waals surface area (Å²) in [5, 5.41) is 2.74. The fourth-order valence-electron chi connectivity index (χ4n) is 3.87. The molecule has 3 rings (SSSR count). The molecule has 33 heavy (non-hydrogen) atoms. The van der Waals surface area contributed by atoms with E-state index in [0.29, 0.717) is 50.5 Å². The Morgan fingerprint density at radius 3 is 2.58 bits per heavy atom. The minimum Gasteiger partial charge on any atom is -0.467 e. The number of sulfonamides is 1. The molecule has 1 fully saturated rings. The number of amides is 1. The molecule has 1 aliphatic heterocycles. The van der Waals surface area contributed by atoms with Crippen molar-refractivity contribution in [2.24, 2.45) is 13.0 Å². The van der Waals surface area contributed by atoms with Crippen LogP contribution in [0, 0.1) is 5.92 Å². The molecule has 0 spiro atoms. The van der Waals surface area contributed by atoms with Crippen LogP contribution in [-0.2, 0) is 42.6 Å². The predicted octanol–water partition coefficient (Wildman–Crippen LogP) is 1.23. The van der Waals surface area contributed by atoms with Gasteiger partial charge in [0.05, 0.1) is 36.3 Å². The number of hydrogen-bond donors (Lipinski definition) is 1. The lowest BCUT2D eigenvalue weighted by atomic mass is 10.0. The molecule has 1 atom stereocenters. The van der Waals surface area contributed by atoms with Gasteiger partial charge < -0.3 is 19.4 Å². The number of aromatic nitrogens is 2. The molecular weight excluding hydrogens is 448 g/mol. The van der Waals surface area contributed by atoms with Gasteiger partial charge in [-0.05, 0) is 30.5 Å². The number of carbonyl (C=O) groups excluding carboxylic acids is 2. The van der Waals surface area contributed by atoms with E-state index in [2.05, 4.69) is 10.3 Å². The smallest absolute Gasteiger partial charge is 0.328 e. The van der Waals surface area contributed by atoms with Crippen LogP contribution in [-0.4, -0.2) is 73.6 Å². The van der Waals surface area contributed by atoms with E-state index < -0.39 is 22.0 Å². The Labute approximate surface area is 194 Å². The van der Waals surface area contributed by atoms with Crippen LogP contribution in [0.25, 0.3) is 11.0 Å². The molecule has 182 valence electrons. The summed E-state index contributed by atoms with van der Waals surface area (Å²) in [5.41, 5.74) is 1.33. The van der Waals surface area contributed by atoms with Crippen molar-refractivity contribution in [2.75, 3.05) is 33.4 Å². The zero-order chi connectivity index (χ0) is 24.2. The monoisotopic (exact) mass is 480 g/mol. The van der Waals surface area contributed by atoms with E-state index in [1.807, 2.05) is 25.5 Å². The second-order valence-corrected chi connectivity index (χ2v) is 10.5. The maximum Gasteiger partial charge on any atom is 0.328 e. The Morgan fingerprint density at radius 1 is 1.24 bits per heavy atom. The summed E-state index contributed by atoms with van der Waals surface area (Å²) in [4.78, 5) is 29.2. The second kappa shape index (κ2) is 10.6. The highest BCUT2D eigenvalue weighted by Gasteiger charge is 2.27. The number of carbonyl (C=O) groups is 2. The van der Waals surface area contributed by atoms with Crippen molar-refractivity contribution in [3.63, 3.8) is 0 Å². The molecule has 2 heterocycles. The van der Waals surface area contributed by atoms with E-state index in [1.54, 1.807) is 18.2 Å². The first-order chi connectivity index (χ1) is 15.6. The first-order valence-electron chi connectivity index (χ1n) is 11.0. The fourth-order valence-corrected chi connectivity index (χ4v) is 5.30. The summed E-state index contributed by atoms with van der Waals surface area (Å²) in [5.74, 6) is 0.138. The third kappa shape index (κ3) is 5.90. The summed E-state index contributed by atoms with van der Waals surface area (Å²) in [6.07, 6.45) is 0.977. The zero-order valence-electron chi connectivity index (χ0n) is 19.5. The summed E-state index contributed by atoms with van der Waals surface area (Å²) >= 11 is 0. The van der Waals surface area contributed by atoms with Crippen LogP contribution in [0.1, 0.15) is 32.5 Å². The number of benzene rings is 1. The minimum atomic E-state index is -3.62. The molecule has 2 aromatic rings. The normalized spacial score (nSPS) is 16.2. The van der Waals surface area contributed by atoms with E-state index in [1.165, 1.54) is 11.4 Å². The van der Waals surface area contributed by atoms with Gasteiger partial charge in [-0.1, -0.05) is 13.8 Å². The maximum absolute atomic E-state index is 12.9. The van der Waals surface area contributed by atoms with Crippen molar-refractivity contribution >= 4 is 32.9 Å². The summed E-state index contributed by atoms with van der Waals surface area (Å²) in [6, 6.07) is 4.20. The molecule has 1 unspecified atom stereocenters. The van der Waals surface area contributed by atoms with Gasteiger partial charge in [0.25, 0.3) is 0 Å². The van der Waals surface area contributed by atoms with Gasteiger partial charge in [-0.15, -0.1) is 0 Å². The average molecular weight is 481 g/mol. The van der Waals surface area contributed by atoms with E-state index in [4.69, 9.17) is 9.47 Å². The van der Waals surface area contributed by atoms with Crippen molar-refractivity contribution in [2.45, 2.75) is 44.0 Å². The maximum atomic E-state index is 12.9. The number of fused-ring (bicyclic) bond motifs is 1. The van der Waals surface area contributed by atoms with Crippen molar-refractivity contribution in [1.29, 1.82) is 0 Å². The third-order valence-corrected chi connectivity index (χ3v) is 7.55. The van der Waals surface area contributed by atoms with Crippen LogP contribution < -0.4 is 5.32 Å². The molecule has 11 heteroatoms. The van der Waals surface area contributed by atoms with Crippen LogP contribution in [0.15, 0.2) is 23.1 Å². The topological polar surface area (TPSA) is 120 Å². The fraction of sp³-hybridized carbons (Fsp3) is 0.591. The summed E-state index contributed by atoms with van der Waals surface area (Å²) in [6.45, 7) is 5.35. The zero-order valence-corrected chi connectivity index (χ0v) is 20.4. The highest BCUT2D eigenvalue weighted by molar-refractivity contribution is 7.89. The van der Waals surface area contributed by atoms with Crippen molar-refractivity contribution in [3.8, 4) is 0 Å². The average Bonchev–Trinajstić information content (AvgIpc) is 3.11. The number of imidazole rings is 1. The number of ether oxygens (including phenoxy) is 2. The van der Waals surface area contributed by atoms with Crippen LogP contribution in [0.2, 0.25) is 0 Å². The molecule has 0 radical (unpaired) electrons. The molecule has 1 amide bonds. The Hall–Kier alpha value is -2.50. The standard InChI is InChI=1S/C22H32N4O6S/c1-15(2)13-18(22(28)31-4)24-21(27)8-7-20-23-17-14-16(5-6-19(17)25(20)3)33(29,30)26-9-11-32-12-10-26/h5-6,14-15,18H,7-13H2,1-4H3,(H,24,27). The van der Waals surface area contributed by atoms with Gasteiger partial charge in [0.2, 0.25) is 15.9 Å². The molecule has 0 saturated carbocycles. The number of hydrogen-bond acceptors (Lipinski definition) is 7. The van der Waals surface area contributed by atoms with E-state index >= 15 is 0 Å². The largest absolute Gasteiger partial charge is 0.467 e. The molecule has 0 aliphatic carbocycles. The van der Waals surface area contributed by atoms with Gasteiger partial charge in [0.1, 0.15) is 11.9 Å². The van der Waals surface area contributed by atoms with E-state index in [-0.39, 0.29) is 23.1 Å². The van der Waals surface area contributed by atoms with Crippen LogP contribution >= 0.6 is 0 Å². The molecule has 10 nitrogen and oxygen atoms in total. The van der Waals surface area contributed by atoms with Crippen LogP contribution in [0.3, 0.4) is 0 Å². The number of nitrogens with one attached hydrogen (secondary N) is 1.